The van der Waals surface area contributed by atoms with E-state index >= 15 is 9.59 Å². The van der Waals surface area contributed by atoms with Gasteiger partial charge in [0.2, 0.25) is 0 Å². The molecular weight excluding hydrogens is 716 g/mol. The van der Waals surface area contributed by atoms with E-state index in [2.05, 4.69) is 9.97 Å². The lowest BCUT2D eigenvalue weighted by molar-refractivity contribution is -0.205. The Morgan fingerprint density at radius 1 is 0.536 bits per heavy atom. The van der Waals surface area contributed by atoms with E-state index in [0.29, 0.717) is 21.8 Å². The monoisotopic (exact) mass is 756 g/mol. The molecule has 12 heteroatoms. The number of benzene rings is 4. The number of rotatable bonds is 17. The van der Waals surface area contributed by atoms with Crippen molar-refractivity contribution in [2.24, 2.45) is 10.8 Å². The van der Waals surface area contributed by atoms with Crippen LogP contribution in [-0.4, -0.2) is 68.8 Å². The largest absolute Gasteiger partial charge is 0.480 e. The van der Waals surface area contributed by atoms with Gasteiger partial charge < -0.3 is 29.7 Å². The number of H-pyrrole nitrogens is 2. The Labute approximate surface area is 321 Å². The first-order chi connectivity index (χ1) is 27.0. The van der Waals surface area contributed by atoms with Gasteiger partial charge in [0, 0.05) is 70.0 Å². The van der Waals surface area contributed by atoms with E-state index < -0.39 is 84.2 Å². The maximum Gasteiger partial charge on any atom is 0.326 e. The number of para-hydroxylation sites is 2. The minimum absolute atomic E-state index is 0.0261. The number of ether oxygens (including phenoxy) is 2. The zero-order valence-electron chi connectivity index (χ0n) is 30.7. The average molecular weight is 757 g/mol. The van der Waals surface area contributed by atoms with Gasteiger partial charge >= 0.3 is 23.9 Å². The number of hydrogen-bond donors (Lipinski definition) is 4. The van der Waals surface area contributed by atoms with Crippen molar-refractivity contribution in [2.75, 3.05) is 13.2 Å². The van der Waals surface area contributed by atoms with Crippen LogP contribution >= 0.6 is 0 Å². The standard InChI is InChI=1S/C44H40N2O10/c1-3-55-41(53)44(42(54)56-4-2,34(28-17-9-6-10-18-28)24-38(48)32-26-46-36-22-14-12-20-30(32)36)43(39(49)50,40(51)52)33(27-15-7-5-8-16-27)23-37(47)31-25-45-35-21-13-11-19-29(31)35/h5-22,25-26,33-34,45-46H,3-4,23-24H2,1-2H3,(H,49,50)(H,51,52). The summed E-state index contributed by atoms with van der Waals surface area (Å²) < 4.78 is 11.1. The quantitative estimate of drug-likeness (QED) is 0.0416. The lowest BCUT2D eigenvalue weighted by Gasteiger charge is -2.48. The molecule has 0 radical (unpaired) electrons. The Hall–Kier alpha value is -6.82. The van der Waals surface area contributed by atoms with Crippen molar-refractivity contribution in [3.05, 3.63) is 144 Å². The van der Waals surface area contributed by atoms with E-state index in [4.69, 9.17) is 9.47 Å². The van der Waals surface area contributed by atoms with Crippen molar-refractivity contribution in [2.45, 2.75) is 38.5 Å². The Balaban J connectivity index is 1.71. The Morgan fingerprint density at radius 3 is 1.27 bits per heavy atom. The number of fused-ring (bicyclic) bond motifs is 2. The molecule has 0 spiro atoms. The molecule has 0 aliphatic rings. The first-order valence-electron chi connectivity index (χ1n) is 18.1. The van der Waals surface area contributed by atoms with Crippen molar-refractivity contribution in [1.82, 2.24) is 9.97 Å². The van der Waals surface area contributed by atoms with Crippen LogP contribution in [-0.2, 0) is 28.7 Å². The molecule has 2 aromatic heterocycles. The molecular formula is C44H40N2O10. The third-order valence-corrected chi connectivity index (χ3v) is 10.5. The maximum absolute atomic E-state index is 15.1. The topological polar surface area (TPSA) is 193 Å². The highest BCUT2D eigenvalue weighted by atomic mass is 16.6. The summed E-state index contributed by atoms with van der Waals surface area (Å²) in [5.74, 6) is -12.4. The fraction of sp³-hybridized carbons (Fsp3) is 0.227. The van der Waals surface area contributed by atoms with Crippen molar-refractivity contribution in [3.63, 3.8) is 0 Å². The Bertz CT molecular complexity index is 2380. The molecule has 6 rings (SSSR count). The molecule has 0 aliphatic carbocycles. The third-order valence-electron chi connectivity index (χ3n) is 10.5. The van der Waals surface area contributed by atoms with Gasteiger partial charge in [-0.3, -0.25) is 28.8 Å². The number of carboxylic acids is 2. The molecule has 56 heavy (non-hydrogen) atoms. The molecule has 2 heterocycles. The molecule has 2 atom stereocenters. The van der Waals surface area contributed by atoms with Crippen LogP contribution in [0.25, 0.3) is 21.8 Å². The van der Waals surface area contributed by atoms with Crippen LogP contribution in [0, 0.1) is 10.8 Å². The average Bonchev–Trinajstić information content (AvgIpc) is 3.84. The lowest BCUT2D eigenvalue weighted by atomic mass is 9.48. The van der Waals surface area contributed by atoms with Crippen LogP contribution < -0.4 is 0 Å². The maximum atomic E-state index is 15.1. The van der Waals surface area contributed by atoms with Crippen LogP contribution in [0.15, 0.2) is 122 Å². The smallest absolute Gasteiger partial charge is 0.326 e. The van der Waals surface area contributed by atoms with E-state index in [9.17, 15) is 29.4 Å². The predicted molar refractivity (Wildman–Crippen MR) is 206 cm³/mol. The van der Waals surface area contributed by atoms with E-state index in [1.807, 2.05) is 0 Å². The molecule has 0 aliphatic heterocycles. The molecule has 0 bridgehead atoms. The molecule has 4 aromatic carbocycles. The summed E-state index contributed by atoms with van der Waals surface area (Å²) in [7, 11) is 0. The van der Waals surface area contributed by atoms with Crippen LogP contribution in [0.5, 0.6) is 0 Å². The number of carbonyl (C=O) groups is 6. The summed E-state index contributed by atoms with van der Waals surface area (Å²) in [6.07, 6.45) is 1.35. The zero-order chi connectivity index (χ0) is 40.0. The number of aromatic amines is 2. The van der Waals surface area contributed by atoms with Crippen LogP contribution in [0.1, 0.15) is 70.4 Å². The van der Waals surface area contributed by atoms with Gasteiger partial charge in [-0.2, -0.15) is 0 Å². The molecule has 0 fully saturated rings. The number of aromatic nitrogens is 2. The van der Waals surface area contributed by atoms with Crippen molar-refractivity contribution >= 4 is 57.2 Å². The molecule has 0 saturated carbocycles. The molecule has 12 nitrogen and oxygen atoms in total. The SMILES string of the molecule is CCOC(=O)C(C(=O)OCC)(C(CC(=O)c1c[nH]c2ccccc12)c1ccccc1)C(C(=O)O)(C(=O)O)C(CC(=O)c1c[nH]c2ccccc12)c1ccccc1. The molecule has 6 aromatic rings. The van der Waals surface area contributed by atoms with Crippen LogP contribution in [0.2, 0.25) is 0 Å². The highest BCUT2D eigenvalue weighted by Gasteiger charge is 2.78. The predicted octanol–water partition coefficient (Wildman–Crippen LogP) is 7.33. The molecule has 4 N–H and O–H groups in total. The third kappa shape index (κ3) is 6.52. The van der Waals surface area contributed by atoms with Gasteiger partial charge in [-0.1, -0.05) is 97.1 Å². The van der Waals surface area contributed by atoms with Gasteiger partial charge in [-0.15, -0.1) is 0 Å². The summed E-state index contributed by atoms with van der Waals surface area (Å²) in [5, 5.41) is 24.3. The van der Waals surface area contributed by atoms with Crippen molar-refractivity contribution in [3.8, 4) is 0 Å². The normalized spacial score (nSPS) is 12.8. The number of nitrogens with one attached hydrogen (secondary N) is 2. The lowest BCUT2D eigenvalue weighted by Crippen LogP contribution is -2.67. The van der Waals surface area contributed by atoms with Gasteiger partial charge in [0.25, 0.3) is 0 Å². The Kier molecular flexibility index (Phi) is 11.3. The van der Waals surface area contributed by atoms with Gasteiger partial charge in [-0.25, -0.2) is 0 Å². The van der Waals surface area contributed by atoms with E-state index in [1.54, 1.807) is 72.8 Å². The van der Waals surface area contributed by atoms with E-state index in [0.717, 1.165) is 0 Å². The first-order valence-corrected chi connectivity index (χ1v) is 18.1. The van der Waals surface area contributed by atoms with E-state index in [1.165, 1.54) is 62.6 Å². The van der Waals surface area contributed by atoms with Crippen molar-refractivity contribution < 1.29 is 48.5 Å². The second-order valence-electron chi connectivity index (χ2n) is 13.3. The number of esters is 2. The van der Waals surface area contributed by atoms with Gasteiger partial charge in [-0.05, 0) is 37.1 Å². The van der Waals surface area contributed by atoms with Crippen LogP contribution in [0.4, 0.5) is 0 Å². The highest BCUT2D eigenvalue weighted by molar-refractivity contribution is 6.17. The molecule has 0 saturated heterocycles. The number of carbonyl (C=O) groups excluding carboxylic acids is 4. The minimum Gasteiger partial charge on any atom is -0.480 e. The molecule has 0 amide bonds. The van der Waals surface area contributed by atoms with Gasteiger partial charge in [0.05, 0.1) is 13.2 Å². The van der Waals surface area contributed by atoms with Gasteiger partial charge in [0.1, 0.15) is 0 Å². The number of Topliss-reactive ketones (excluding diaryl/α,β-unsaturated/α-hetero) is 2. The fourth-order valence-corrected chi connectivity index (χ4v) is 8.06. The zero-order valence-corrected chi connectivity index (χ0v) is 30.7. The molecule has 286 valence electrons. The Morgan fingerprint density at radius 2 is 0.893 bits per heavy atom. The summed E-state index contributed by atoms with van der Waals surface area (Å²) in [6, 6.07) is 29.0. The second-order valence-corrected chi connectivity index (χ2v) is 13.3. The highest BCUT2D eigenvalue weighted by Crippen LogP contribution is 2.61. The number of hydrogen-bond acceptors (Lipinski definition) is 8. The number of ketones is 2. The van der Waals surface area contributed by atoms with E-state index in [-0.39, 0.29) is 22.3 Å². The fourth-order valence-electron chi connectivity index (χ4n) is 8.06. The summed E-state index contributed by atoms with van der Waals surface area (Å²) in [5.41, 5.74) is -5.26. The van der Waals surface area contributed by atoms with Crippen molar-refractivity contribution in [1.29, 1.82) is 0 Å². The summed E-state index contributed by atoms with van der Waals surface area (Å²) in [6.45, 7) is 2.02. The summed E-state index contributed by atoms with van der Waals surface area (Å²) >= 11 is 0. The number of carboxylic acid groups (broad SMARTS) is 2. The minimum atomic E-state index is -3.55. The van der Waals surface area contributed by atoms with Gasteiger partial charge in [0.15, 0.2) is 22.4 Å². The number of aliphatic carboxylic acids is 2. The molecule has 2 unspecified atom stereocenters. The first kappa shape index (κ1) is 38.9. The summed E-state index contributed by atoms with van der Waals surface area (Å²) in [4.78, 5) is 94.2. The second kappa shape index (κ2) is 16.3. The van der Waals surface area contributed by atoms with Crippen LogP contribution in [0.3, 0.4) is 0 Å².